The van der Waals surface area contributed by atoms with Crippen molar-refractivity contribution in [3.05, 3.63) is 75.7 Å². The van der Waals surface area contributed by atoms with E-state index in [2.05, 4.69) is 32.5 Å². The summed E-state index contributed by atoms with van der Waals surface area (Å²) < 4.78 is 11.0. The van der Waals surface area contributed by atoms with Crippen LogP contribution in [0.5, 0.6) is 11.5 Å². The quantitative estimate of drug-likeness (QED) is 0.419. The van der Waals surface area contributed by atoms with Gasteiger partial charge in [-0.1, -0.05) is 23.7 Å². The lowest BCUT2D eigenvalue weighted by Gasteiger charge is -2.34. The molecule has 36 heavy (non-hydrogen) atoms. The van der Waals surface area contributed by atoms with E-state index in [-0.39, 0.29) is 5.75 Å². The van der Waals surface area contributed by atoms with Crippen molar-refractivity contribution in [2.24, 2.45) is 0 Å². The Labute approximate surface area is 215 Å². The predicted molar refractivity (Wildman–Crippen MR) is 143 cm³/mol. The highest BCUT2D eigenvalue weighted by atomic mass is 35.5. The van der Waals surface area contributed by atoms with Crippen molar-refractivity contribution in [1.29, 1.82) is 0 Å². The molecule has 1 amide bonds. The topological polar surface area (TPSA) is 98.9 Å². The van der Waals surface area contributed by atoms with Gasteiger partial charge in [-0.05, 0) is 55.4 Å². The third-order valence-corrected chi connectivity index (χ3v) is 6.23. The van der Waals surface area contributed by atoms with E-state index < -0.39 is 11.7 Å². The Hall–Kier alpha value is -3.69. The van der Waals surface area contributed by atoms with Crippen molar-refractivity contribution in [3.8, 4) is 11.5 Å². The normalized spacial score (nSPS) is 13.8. The first-order valence-electron chi connectivity index (χ1n) is 11.7. The minimum atomic E-state index is -0.765. The van der Waals surface area contributed by atoms with E-state index in [0.717, 1.165) is 43.2 Å². The third kappa shape index (κ3) is 6.50. The number of anilines is 3. The number of halogens is 1. The molecule has 1 fully saturated rings. The summed E-state index contributed by atoms with van der Waals surface area (Å²) >= 11 is 6.05. The molecule has 3 N–H and O–H groups in total. The van der Waals surface area contributed by atoms with E-state index in [9.17, 15) is 9.59 Å². The number of pyridine rings is 1. The van der Waals surface area contributed by atoms with Crippen LogP contribution in [-0.4, -0.2) is 62.9 Å². The maximum Gasteiger partial charge on any atom is 0.417 e. The molecule has 0 unspecified atom stereocenters. The van der Waals surface area contributed by atoms with Gasteiger partial charge in [0, 0.05) is 49.6 Å². The van der Waals surface area contributed by atoms with E-state index in [1.807, 2.05) is 30.3 Å². The Kier molecular flexibility index (Phi) is 8.35. The van der Waals surface area contributed by atoms with Crippen molar-refractivity contribution >= 4 is 34.8 Å². The number of carbonyl (C=O) groups excluding carboxylic acids is 1. The fourth-order valence-electron chi connectivity index (χ4n) is 4.04. The number of carbonyl (C=O) groups is 1. The second-order valence-corrected chi connectivity index (χ2v) is 8.98. The summed E-state index contributed by atoms with van der Waals surface area (Å²) in [7, 11) is 3.72. The molecule has 0 spiro atoms. The number of piperazine rings is 1. The number of methoxy groups -OCH3 is 1. The summed E-state index contributed by atoms with van der Waals surface area (Å²) in [6.07, 6.45) is 1.42. The van der Waals surface area contributed by atoms with Crippen LogP contribution in [0.3, 0.4) is 0 Å². The van der Waals surface area contributed by atoms with Crippen LogP contribution in [-0.2, 0) is 6.42 Å². The zero-order chi connectivity index (χ0) is 25.5. The second kappa shape index (κ2) is 11.8. The van der Waals surface area contributed by atoms with Crippen molar-refractivity contribution in [3.63, 3.8) is 0 Å². The number of hydrogen-bond donors (Lipinski definition) is 3. The number of ether oxygens (including phenoxy) is 2. The van der Waals surface area contributed by atoms with Gasteiger partial charge in [-0.15, -0.1) is 0 Å². The number of nitrogens with one attached hydrogen (secondary N) is 3. The molecule has 0 atom stereocenters. The Balaban J connectivity index is 1.42. The highest BCUT2D eigenvalue weighted by Gasteiger charge is 2.19. The van der Waals surface area contributed by atoms with E-state index in [0.29, 0.717) is 29.4 Å². The molecule has 3 aromatic rings. The highest BCUT2D eigenvalue weighted by Crippen LogP contribution is 2.32. The lowest BCUT2D eigenvalue weighted by atomic mass is 10.1. The first-order valence-corrected chi connectivity index (χ1v) is 12.1. The summed E-state index contributed by atoms with van der Waals surface area (Å²) in [6.45, 7) is 4.10. The molecule has 190 valence electrons. The smallest absolute Gasteiger partial charge is 0.417 e. The summed E-state index contributed by atoms with van der Waals surface area (Å²) in [5, 5.41) is 6.56. The van der Waals surface area contributed by atoms with E-state index >= 15 is 0 Å². The van der Waals surface area contributed by atoms with Crippen molar-refractivity contribution in [2.75, 3.05) is 62.4 Å². The summed E-state index contributed by atoms with van der Waals surface area (Å²) in [6, 6.07) is 14.6. The van der Waals surface area contributed by atoms with Crippen molar-refractivity contribution < 1.29 is 14.3 Å². The molecule has 2 heterocycles. The van der Waals surface area contributed by atoms with Gasteiger partial charge in [-0.2, -0.15) is 0 Å². The van der Waals surface area contributed by atoms with Crippen molar-refractivity contribution in [1.82, 2.24) is 9.88 Å². The van der Waals surface area contributed by atoms with E-state index in [1.165, 1.54) is 6.20 Å². The first-order chi connectivity index (χ1) is 17.4. The number of benzene rings is 2. The number of aromatic nitrogens is 1. The Morgan fingerprint density at radius 2 is 1.92 bits per heavy atom. The standard InChI is InChI=1S/C26H30ClN5O4/c1-31-12-14-32(15-13-31)22-17-20(6-7-23(22)35-2)30-26(34)36-24-21(9-11-29-25(24)33)28-10-8-18-4-3-5-19(27)16-18/h3-7,9,11,16-17H,8,10,12-15H2,1-2H3,(H,30,34)(H2,28,29,33). The molecule has 1 saturated heterocycles. The minimum absolute atomic E-state index is 0.103. The van der Waals surface area contributed by atoms with Crippen LogP contribution in [0.2, 0.25) is 5.02 Å². The molecule has 9 nitrogen and oxygen atoms in total. The number of rotatable bonds is 8. The lowest BCUT2D eigenvalue weighted by molar-refractivity contribution is 0.214. The monoisotopic (exact) mass is 511 g/mol. The average Bonchev–Trinajstić information content (AvgIpc) is 2.86. The minimum Gasteiger partial charge on any atom is -0.495 e. The Morgan fingerprint density at radius 3 is 2.67 bits per heavy atom. The maximum absolute atomic E-state index is 12.7. The number of hydrogen-bond acceptors (Lipinski definition) is 7. The van der Waals surface area contributed by atoms with Gasteiger partial charge < -0.3 is 29.6 Å². The molecule has 2 aromatic carbocycles. The Bertz CT molecular complexity index is 1260. The molecule has 0 radical (unpaired) electrons. The Morgan fingerprint density at radius 1 is 1.11 bits per heavy atom. The van der Waals surface area contributed by atoms with E-state index in [4.69, 9.17) is 21.1 Å². The van der Waals surface area contributed by atoms with Crippen LogP contribution in [0.15, 0.2) is 59.5 Å². The van der Waals surface area contributed by atoms with Gasteiger partial charge in [0.2, 0.25) is 5.75 Å². The number of likely N-dealkylation sites (N-methyl/N-ethyl adjacent to an activating group) is 1. The lowest BCUT2D eigenvalue weighted by Crippen LogP contribution is -2.44. The molecule has 10 heteroatoms. The molecule has 1 aliphatic rings. The van der Waals surface area contributed by atoms with Crippen LogP contribution in [0.1, 0.15) is 5.56 Å². The van der Waals surface area contributed by atoms with Gasteiger partial charge in [0.15, 0.2) is 0 Å². The first kappa shape index (κ1) is 25.4. The molecule has 1 aliphatic heterocycles. The van der Waals surface area contributed by atoms with E-state index in [1.54, 1.807) is 25.3 Å². The molecule has 1 aromatic heterocycles. The number of aromatic amines is 1. The van der Waals surface area contributed by atoms with Gasteiger partial charge in [0.1, 0.15) is 5.75 Å². The largest absolute Gasteiger partial charge is 0.495 e. The fourth-order valence-corrected chi connectivity index (χ4v) is 4.25. The fraction of sp³-hybridized carbons (Fsp3) is 0.308. The zero-order valence-electron chi connectivity index (χ0n) is 20.3. The van der Waals surface area contributed by atoms with Gasteiger partial charge in [-0.3, -0.25) is 10.1 Å². The summed E-state index contributed by atoms with van der Waals surface area (Å²) in [5.74, 6) is 0.623. The van der Waals surface area contributed by atoms with Crippen LogP contribution in [0, 0.1) is 0 Å². The molecule has 0 bridgehead atoms. The maximum atomic E-state index is 12.7. The average molecular weight is 512 g/mol. The highest BCUT2D eigenvalue weighted by molar-refractivity contribution is 6.30. The van der Waals surface area contributed by atoms with Gasteiger partial charge in [0.05, 0.1) is 18.5 Å². The van der Waals surface area contributed by atoms with Gasteiger partial charge >= 0.3 is 6.09 Å². The van der Waals surface area contributed by atoms with Crippen LogP contribution in [0.4, 0.5) is 21.9 Å². The predicted octanol–water partition coefficient (Wildman–Crippen LogP) is 4.05. The van der Waals surface area contributed by atoms with Crippen LogP contribution in [0.25, 0.3) is 0 Å². The SMILES string of the molecule is COc1ccc(NC(=O)Oc2c(NCCc3cccc(Cl)c3)cc[nH]c2=O)cc1N1CCN(C)CC1. The molecule has 4 rings (SSSR count). The third-order valence-electron chi connectivity index (χ3n) is 6.00. The molecule has 0 aliphatic carbocycles. The number of H-pyrrole nitrogens is 1. The van der Waals surface area contributed by atoms with Crippen molar-refractivity contribution in [2.45, 2.75) is 6.42 Å². The second-order valence-electron chi connectivity index (χ2n) is 8.55. The summed E-state index contributed by atoms with van der Waals surface area (Å²) in [5.41, 5.74) is 2.40. The molecular formula is C26H30ClN5O4. The van der Waals surface area contributed by atoms with Crippen LogP contribution < -0.4 is 30.6 Å². The zero-order valence-corrected chi connectivity index (χ0v) is 21.1. The summed E-state index contributed by atoms with van der Waals surface area (Å²) in [4.78, 5) is 32.2. The van der Waals surface area contributed by atoms with Gasteiger partial charge in [0.25, 0.3) is 5.56 Å². The molecule has 0 saturated carbocycles. The van der Waals surface area contributed by atoms with Gasteiger partial charge in [-0.25, -0.2) is 4.79 Å². The number of amides is 1. The molecular weight excluding hydrogens is 482 g/mol. The number of nitrogens with zero attached hydrogens (tertiary/aromatic N) is 2. The van der Waals surface area contributed by atoms with Crippen LogP contribution >= 0.6 is 11.6 Å².